The number of anilines is 1. The van der Waals surface area contributed by atoms with Crippen molar-refractivity contribution < 1.29 is 29.7 Å². The number of phenolic OH excluding ortho intramolecular Hbond substituents is 1. The van der Waals surface area contributed by atoms with Gasteiger partial charge in [0.1, 0.15) is 5.75 Å². The number of benzene rings is 3. The molecule has 4 N–H and O–H groups in total. The highest BCUT2D eigenvalue weighted by atomic mass is 16.4. The van der Waals surface area contributed by atoms with Gasteiger partial charge in [0, 0.05) is 5.69 Å². The lowest BCUT2D eigenvalue weighted by Gasteiger charge is -2.10. The van der Waals surface area contributed by atoms with Gasteiger partial charge in [-0.2, -0.15) is 0 Å². The van der Waals surface area contributed by atoms with Crippen LogP contribution in [0.4, 0.5) is 5.69 Å². The first-order valence-corrected chi connectivity index (χ1v) is 7.50. The summed E-state index contributed by atoms with van der Waals surface area (Å²) < 4.78 is 0. The molecule has 26 heavy (non-hydrogen) atoms. The van der Waals surface area contributed by atoms with E-state index in [-0.39, 0.29) is 28.1 Å². The average Bonchev–Trinajstić information content (AvgIpc) is 2.60. The van der Waals surface area contributed by atoms with E-state index in [1.807, 2.05) is 0 Å². The summed E-state index contributed by atoms with van der Waals surface area (Å²) in [4.78, 5) is 34.8. The van der Waals surface area contributed by atoms with Gasteiger partial charge in [-0.1, -0.05) is 24.3 Å². The minimum Gasteiger partial charge on any atom is -0.507 e. The van der Waals surface area contributed by atoms with Gasteiger partial charge in [0.25, 0.3) is 5.91 Å². The van der Waals surface area contributed by atoms with Crippen molar-refractivity contribution in [3.8, 4) is 5.75 Å². The molecule has 0 saturated carbocycles. The maximum atomic E-state index is 12.5. The third-order valence-corrected chi connectivity index (χ3v) is 3.79. The van der Waals surface area contributed by atoms with Gasteiger partial charge < -0.3 is 20.6 Å². The number of carbonyl (C=O) groups is 3. The van der Waals surface area contributed by atoms with Crippen molar-refractivity contribution in [3.05, 3.63) is 71.3 Å². The van der Waals surface area contributed by atoms with E-state index in [1.54, 1.807) is 24.3 Å². The van der Waals surface area contributed by atoms with E-state index in [9.17, 15) is 19.5 Å². The minimum absolute atomic E-state index is 0.000131. The van der Waals surface area contributed by atoms with E-state index in [0.717, 1.165) is 29.0 Å². The first kappa shape index (κ1) is 17.0. The fourth-order valence-corrected chi connectivity index (χ4v) is 2.56. The number of aromatic hydroxyl groups is 1. The van der Waals surface area contributed by atoms with Crippen LogP contribution in [0.1, 0.15) is 31.1 Å². The maximum Gasteiger partial charge on any atom is 0.335 e. The van der Waals surface area contributed by atoms with E-state index >= 15 is 0 Å². The molecule has 7 nitrogen and oxygen atoms in total. The predicted octanol–water partition coefficient (Wildman–Crippen LogP) is 3.19. The Morgan fingerprint density at radius 3 is 1.85 bits per heavy atom. The molecule has 0 saturated heterocycles. The van der Waals surface area contributed by atoms with E-state index in [0.29, 0.717) is 0 Å². The Kier molecular flexibility index (Phi) is 4.28. The summed E-state index contributed by atoms with van der Waals surface area (Å²) in [7, 11) is 0. The number of carboxylic acids is 2. The second kappa shape index (κ2) is 6.56. The number of rotatable bonds is 4. The minimum atomic E-state index is -1.32. The molecule has 0 aliphatic carbocycles. The molecule has 0 spiro atoms. The first-order valence-electron chi connectivity index (χ1n) is 7.50. The zero-order valence-electron chi connectivity index (χ0n) is 13.3. The lowest BCUT2D eigenvalue weighted by Crippen LogP contribution is -2.14. The van der Waals surface area contributed by atoms with Crippen molar-refractivity contribution in [3.63, 3.8) is 0 Å². The van der Waals surface area contributed by atoms with Crippen LogP contribution in [0.2, 0.25) is 0 Å². The van der Waals surface area contributed by atoms with Gasteiger partial charge in [-0.3, -0.25) is 4.79 Å². The van der Waals surface area contributed by atoms with Gasteiger partial charge in [-0.25, -0.2) is 9.59 Å². The van der Waals surface area contributed by atoms with Gasteiger partial charge >= 0.3 is 11.9 Å². The fourth-order valence-electron chi connectivity index (χ4n) is 2.56. The predicted molar refractivity (Wildman–Crippen MR) is 93.9 cm³/mol. The number of hydrogen-bond donors (Lipinski definition) is 4. The molecule has 3 aromatic carbocycles. The van der Waals surface area contributed by atoms with Gasteiger partial charge in [0.05, 0.1) is 16.7 Å². The lowest BCUT2D eigenvalue weighted by atomic mass is 10.0. The van der Waals surface area contributed by atoms with Crippen LogP contribution in [0.25, 0.3) is 10.8 Å². The van der Waals surface area contributed by atoms with Crippen LogP contribution in [-0.2, 0) is 0 Å². The second-order valence-electron chi connectivity index (χ2n) is 5.58. The highest BCUT2D eigenvalue weighted by molar-refractivity contribution is 6.09. The van der Waals surface area contributed by atoms with Crippen LogP contribution in [0.3, 0.4) is 0 Å². The summed E-state index contributed by atoms with van der Waals surface area (Å²) in [6.07, 6.45) is 0. The van der Waals surface area contributed by atoms with E-state index in [2.05, 4.69) is 5.32 Å². The Hall–Kier alpha value is -3.87. The number of aromatic carboxylic acids is 2. The summed E-state index contributed by atoms with van der Waals surface area (Å²) >= 11 is 0. The molecular weight excluding hydrogens is 338 g/mol. The number of phenols is 1. The van der Waals surface area contributed by atoms with Crippen molar-refractivity contribution in [1.29, 1.82) is 0 Å². The van der Waals surface area contributed by atoms with Crippen LogP contribution in [0.5, 0.6) is 5.75 Å². The number of amides is 1. The summed E-state index contributed by atoms with van der Waals surface area (Å²) in [6, 6.07) is 13.4. The highest BCUT2D eigenvalue weighted by Crippen LogP contribution is 2.26. The summed E-state index contributed by atoms with van der Waals surface area (Å²) in [5.41, 5.74) is -0.563. The highest BCUT2D eigenvalue weighted by Gasteiger charge is 2.16. The summed E-state index contributed by atoms with van der Waals surface area (Å²) in [6.45, 7) is 0. The standard InChI is InChI=1S/C19H13NO6/c21-16-9-11-4-2-1-3-10(11)8-15(16)17(22)20-14-6-12(18(23)24)5-13(7-14)19(25)26/h1-9,21H,(H,20,22)(H,23,24)(H,25,26). The van der Waals surface area contributed by atoms with Gasteiger partial charge in [0.15, 0.2) is 0 Å². The smallest absolute Gasteiger partial charge is 0.335 e. The topological polar surface area (TPSA) is 124 Å². The summed E-state index contributed by atoms with van der Waals surface area (Å²) in [5.74, 6) is -3.57. The Morgan fingerprint density at radius 2 is 1.31 bits per heavy atom. The first-order chi connectivity index (χ1) is 12.3. The number of carbonyl (C=O) groups excluding carboxylic acids is 1. The molecule has 7 heteroatoms. The Labute approximate surface area is 147 Å². The number of nitrogens with one attached hydrogen (secondary N) is 1. The molecular formula is C19H13NO6. The van der Waals surface area contributed by atoms with Gasteiger partial charge in [-0.15, -0.1) is 0 Å². The van der Waals surface area contributed by atoms with Crippen molar-refractivity contribution in [2.24, 2.45) is 0 Å². The van der Waals surface area contributed by atoms with Crippen LogP contribution in [0.15, 0.2) is 54.6 Å². The van der Waals surface area contributed by atoms with Gasteiger partial charge in [-0.05, 0) is 41.1 Å². The fraction of sp³-hybridized carbons (Fsp3) is 0. The Balaban J connectivity index is 1.99. The molecule has 130 valence electrons. The number of fused-ring (bicyclic) bond motifs is 1. The molecule has 0 fully saturated rings. The van der Waals surface area contributed by atoms with Crippen LogP contribution in [-0.4, -0.2) is 33.2 Å². The monoisotopic (exact) mass is 351 g/mol. The molecule has 1 amide bonds. The molecule has 0 heterocycles. The molecule has 0 aromatic heterocycles. The zero-order chi connectivity index (χ0) is 18.8. The van der Waals surface area contributed by atoms with Gasteiger partial charge in [0.2, 0.25) is 0 Å². The third-order valence-electron chi connectivity index (χ3n) is 3.79. The SMILES string of the molecule is O=C(O)c1cc(NC(=O)c2cc3ccccc3cc2O)cc(C(=O)O)c1. The number of carboxylic acid groups (broad SMARTS) is 2. The molecule has 0 radical (unpaired) electrons. The maximum absolute atomic E-state index is 12.5. The largest absolute Gasteiger partial charge is 0.507 e. The zero-order valence-corrected chi connectivity index (χ0v) is 13.3. The van der Waals surface area contributed by atoms with Crippen LogP contribution in [0, 0.1) is 0 Å². The molecule has 0 aliphatic rings. The lowest BCUT2D eigenvalue weighted by molar-refractivity contribution is 0.0696. The van der Waals surface area contributed by atoms with E-state index < -0.39 is 17.8 Å². The third kappa shape index (κ3) is 3.32. The van der Waals surface area contributed by atoms with E-state index in [1.165, 1.54) is 12.1 Å². The van der Waals surface area contributed by atoms with Crippen molar-refractivity contribution in [2.75, 3.05) is 5.32 Å². The average molecular weight is 351 g/mol. The van der Waals surface area contributed by atoms with Crippen LogP contribution < -0.4 is 5.32 Å². The molecule has 3 rings (SSSR count). The Bertz CT molecular complexity index is 1020. The molecule has 0 bridgehead atoms. The van der Waals surface area contributed by atoms with Crippen molar-refractivity contribution >= 4 is 34.3 Å². The van der Waals surface area contributed by atoms with Crippen molar-refractivity contribution in [2.45, 2.75) is 0 Å². The Morgan fingerprint density at radius 1 is 0.769 bits per heavy atom. The van der Waals surface area contributed by atoms with E-state index in [4.69, 9.17) is 10.2 Å². The second-order valence-corrected chi connectivity index (χ2v) is 5.58. The molecule has 0 atom stereocenters. The molecule has 3 aromatic rings. The normalized spacial score (nSPS) is 10.5. The molecule has 0 unspecified atom stereocenters. The number of hydrogen-bond acceptors (Lipinski definition) is 4. The summed E-state index contributed by atoms with van der Waals surface area (Å²) in [5, 5.41) is 32.2. The van der Waals surface area contributed by atoms with Crippen LogP contribution >= 0.6 is 0 Å². The quantitative estimate of drug-likeness (QED) is 0.572. The molecule has 0 aliphatic heterocycles. The van der Waals surface area contributed by atoms with Crippen molar-refractivity contribution in [1.82, 2.24) is 0 Å².